The SMILES string of the molecule is COC1CCC(CCCCN)CC1. The second-order valence-corrected chi connectivity index (χ2v) is 4.16. The van der Waals surface area contributed by atoms with Crippen LogP contribution in [0.15, 0.2) is 0 Å². The Kier molecular flexibility index (Phi) is 5.40. The summed E-state index contributed by atoms with van der Waals surface area (Å²) in [6, 6.07) is 0. The minimum Gasteiger partial charge on any atom is -0.381 e. The van der Waals surface area contributed by atoms with Crippen LogP contribution in [-0.4, -0.2) is 19.8 Å². The van der Waals surface area contributed by atoms with E-state index in [1.165, 1.54) is 44.9 Å². The lowest BCUT2D eigenvalue weighted by atomic mass is 9.84. The minimum atomic E-state index is 0.547. The van der Waals surface area contributed by atoms with Crippen molar-refractivity contribution in [3.8, 4) is 0 Å². The molecular weight excluding hydrogens is 162 g/mol. The smallest absolute Gasteiger partial charge is 0.0571 e. The highest BCUT2D eigenvalue weighted by Crippen LogP contribution is 2.29. The second kappa shape index (κ2) is 6.39. The average molecular weight is 185 g/mol. The first-order chi connectivity index (χ1) is 6.36. The van der Waals surface area contributed by atoms with E-state index in [1.807, 2.05) is 7.11 Å². The van der Waals surface area contributed by atoms with Gasteiger partial charge in [-0.15, -0.1) is 0 Å². The molecule has 78 valence electrons. The quantitative estimate of drug-likeness (QED) is 0.667. The van der Waals surface area contributed by atoms with E-state index in [1.54, 1.807) is 0 Å². The molecule has 0 heterocycles. The number of methoxy groups -OCH3 is 1. The number of ether oxygens (including phenoxy) is 1. The van der Waals surface area contributed by atoms with Gasteiger partial charge in [-0.2, -0.15) is 0 Å². The predicted octanol–water partition coefficient (Wildman–Crippen LogP) is 2.32. The largest absolute Gasteiger partial charge is 0.381 e. The van der Waals surface area contributed by atoms with E-state index >= 15 is 0 Å². The summed E-state index contributed by atoms with van der Waals surface area (Å²) in [7, 11) is 1.83. The molecule has 2 N–H and O–H groups in total. The normalized spacial score (nSPS) is 29.1. The molecule has 1 rings (SSSR count). The Labute approximate surface area is 81.8 Å². The molecule has 13 heavy (non-hydrogen) atoms. The highest BCUT2D eigenvalue weighted by atomic mass is 16.5. The molecule has 0 aliphatic heterocycles. The lowest BCUT2D eigenvalue weighted by molar-refractivity contribution is 0.0552. The highest BCUT2D eigenvalue weighted by molar-refractivity contribution is 4.72. The maximum atomic E-state index is 5.47. The van der Waals surface area contributed by atoms with E-state index in [-0.39, 0.29) is 0 Å². The van der Waals surface area contributed by atoms with Crippen LogP contribution < -0.4 is 5.73 Å². The molecule has 1 aliphatic rings. The predicted molar refractivity (Wildman–Crippen MR) is 55.7 cm³/mol. The lowest BCUT2D eigenvalue weighted by Gasteiger charge is -2.27. The van der Waals surface area contributed by atoms with Crippen molar-refractivity contribution in [3.63, 3.8) is 0 Å². The molecular formula is C11H23NO. The first kappa shape index (κ1) is 11.0. The van der Waals surface area contributed by atoms with Crippen LogP contribution in [0.4, 0.5) is 0 Å². The number of hydrogen-bond donors (Lipinski definition) is 1. The summed E-state index contributed by atoms with van der Waals surface area (Å²) < 4.78 is 5.35. The van der Waals surface area contributed by atoms with E-state index in [0.29, 0.717) is 6.10 Å². The zero-order chi connectivity index (χ0) is 9.52. The Morgan fingerprint density at radius 3 is 2.38 bits per heavy atom. The van der Waals surface area contributed by atoms with Crippen molar-refractivity contribution in [1.29, 1.82) is 0 Å². The summed E-state index contributed by atoms with van der Waals surface area (Å²) in [4.78, 5) is 0. The molecule has 1 aliphatic carbocycles. The Hall–Kier alpha value is -0.0800. The first-order valence-corrected chi connectivity index (χ1v) is 5.59. The maximum Gasteiger partial charge on any atom is 0.0571 e. The highest BCUT2D eigenvalue weighted by Gasteiger charge is 2.19. The summed E-state index contributed by atoms with van der Waals surface area (Å²) in [6.45, 7) is 0.855. The van der Waals surface area contributed by atoms with E-state index in [4.69, 9.17) is 10.5 Å². The number of rotatable bonds is 5. The van der Waals surface area contributed by atoms with Gasteiger partial charge in [-0.1, -0.05) is 12.8 Å². The molecule has 0 atom stereocenters. The van der Waals surface area contributed by atoms with Gasteiger partial charge < -0.3 is 10.5 Å². The molecule has 2 nitrogen and oxygen atoms in total. The van der Waals surface area contributed by atoms with Crippen LogP contribution >= 0.6 is 0 Å². The van der Waals surface area contributed by atoms with Gasteiger partial charge in [-0.05, 0) is 44.6 Å². The molecule has 0 radical (unpaired) electrons. The second-order valence-electron chi connectivity index (χ2n) is 4.16. The van der Waals surface area contributed by atoms with Crippen molar-refractivity contribution in [1.82, 2.24) is 0 Å². The Balaban J connectivity index is 2.03. The molecule has 0 amide bonds. The maximum absolute atomic E-state index is 5.47. The number of hydrogen-bond acceptors (Lipinski definition) is 2. The fourth-order valence-corrected chi connectivity index (χ4v) is 2.23. The molecule has 1 saturated carbocycles. The van der Waals surface area contributed by atoms with Crippen LogP contribution in [0.2, 0.25) is 0 Å². The van der Waals surface area contributed by atoms with Crippen LogP contribution in [0.1, 0.15) is 44.9 Å². The molecule has 1 fully saturated rings. The zero-order valence-electron chi connectivity index (χ0n) is 8.80. The van der Waals surface area contributed by atoms with Crippen molar-refractivity contribution in [2.75, 3.05) is 13.7 Å². The van der Waals surface area contributed by atoms with Crippen LogP contribution in [0.3, 0.4) is 0 Å². The van der Waals surface area contributed by atoms with E-state index in [0.717, 1.165) is 12.5 Å². The van der Waals surface area contributed by atoms with Crippen LogP contribution in [-0.2, 0) is 4.74 Å². The Morgan fingerprint density at radius 1 is 1.15 bits per heavy atom. The third-order valence-corrected chi connectivity index (χ3v) is 3.19. The Bertz CT molecular complexity index is 117. The van der Waals surface area contributed by atoms with Crippen LogP contribution in [0, 0.1) is 5.92 Å². The Morgan fingerprint density at radius 2 is 1.85 bits per heavy atom. The molecule has 2 heteroatoms. The molecule has 0 aromatic heterocycles. The molecule has 0 aromatic rings. The summed E-state index contributed by atoms with van der Waals surface area (Å²) in [6.07, 6.45) is 9.71. The van der Waals surface area contributed by atoms with Gasteiger partial charge >= 0.3 is 0 Å². The van der Waals surface area contributed by atoms with Crippen molar-refractivity contribution in [3.05, 3.63) is 0 Å². The third kappa shape index (κ3) is 4.10. The van der Waals surface area contributed by atoms with Gasteiger partial charge in [0.25, 0.3) is 0 Å². The number of nitrogens with two attached hydrogens (primary N) is 1. The van der Waals surface area contributed by atoms with Gasteiger partial charge in [0.15, 0.2) is 0 Å². The molecule has 0 saturated heterocycles. The van der Waals surface area contributed by atoms with E-state index in [2.05, 4.69) is 0 Å². The van der Waals surface area contributed by atoms with Crippen molar-refractivity contribution in [2.45, 2.75) is 51.0 Å². The zero-order valence-corrected chi connectivity index (χ0v) is 8.80. The van der Waals surface area contributed by atoms with E-state index < -0.39 is 0 Å². The lowest BCUT2D eigenvalue weighted by Crippen LogP contribution is -2.20. The van der Waals surface area contributed by atoms with Gasteiger partial charge in [0.1, 0.15) is 0 Å². The van der Waals surface area contributed by atoms with Crippen molar-refractivity contribution < 1.29 is 4.74 Å². The summed E-state index contributed by atoms with van der Waals surface area (Å²) in [5, 5.41) is 0. The van der Waals surface area contributed by atoms with Crippen molar-refractivity contribution in [2.24, 2.45) is 11.7 Å². The number of unbranched alkanes of at least 4 members (excludes halogenated alkanes) is 1. The first-order valence-electron chi connectivity index (χ1n) is 5.59. The van der Waals surface area contributed by atoms with Crippen LogP contribution in [0.5, 0.6) is 0 Å². The van der Waals surface area contributed by atoms with Gasteiger partial charge in [0.2, 0.25) is 0 Å². The summed E-state index contributed by atoms with van der Waals surface area (Å²) in [5.74, 6) is 0.956. The molecule has 0 unspecified atom stereocenters. The van der Waals surface area contributed by atoms with Crippen LogP contribution in [0.25, 0.3) is 0 Å². The van der Waals surface area contributed by atoms with Gasteiger partial charge in [-0.3, -0.25) is 0 Å². The minimum absolute atomic E-state index is 0.547. The third-order valence-electron chi connectivity index (χ3n) is 3.19. The van der Waals surface area contributed by atoms with Gasteiger partial charge in [-0.25, -0.2) is 0 Å². The van der Waals surface area contributed by atoms with Gasteiger partial charge in [0, 0.05) is 7.11 Å². The topological polar surface area (TPSA) is 35.2 Å². The molecule has 0 aromatic carbocycles. The van der Waals surface area contributed by atoms with Gasteiger partial charge in [0.05, 0.1) is 6.10 Å². The molecule has 0 spiro atoms. The fourth-order valence-electron chi connectivity index (χ4n) is 2.23. The average Bonchev–Trinajstić information content (AvgIpc) is 2.19. The summed E-state index contributed by atoms with van der Waals surface area (Å²) >= 11 is 0. The standard InChI is InChI=1S/C11H23NO/c1-13-11-7-5-10(6-8-11)4-2-3-9-12/h10-11H,2-9,12H2,1H3. The summed E-state index contributed by atoms with van der Waals surface area (Å²) in [5.41, 5.74) is 5.47. The van der Waals surface area contributed by atoms with E-state index in [9.17, 15) is 0 Å². The molecule has 0 bridgehead atoms. The van der Waals surface area contributed by atoms with Crippen molar-refractivity contribution >= 4 is 0 Å². The fraction of sp³-hybridized carbons (Fsp3) is 1.00. The monoisotopic (exact) mass is 185 g/mol.